The Morgan fingerprint density at radius 3 is 2.90 bits per heavy atom. The maximum Gasteiger partial charge on any atom is 0.0119 e. The zero-order valence-corrected chi connectivity index (χ0v) is 6.47. The molecule has 0 aliphatic carbocycles. The zero-order chi connectivity index (χ0) is 6.81. The first kappa shape index (κ1) is 6.62. The molecule has 1 unspecified atom stereocenters. The van der Waals surface area contributed by atoms with E-state index in [2.05, 4.69) is 10.2 Å². The Hall–Kier alpha value is -0.0800. The molecule has 10 heavy (non-hydrogen) atoms. The highest BCUT2D eigenvalue weighted by Gasteiger charge is 2.27. The molecule has 2 nitrogen and oxygen atoms in total. The molecule has 1 N–H and O–H groups in total. The molecule has 2 heteroatoms. The van der Waals surface area contributed by atoms with E-state index in [1.165, 1.54) is 45.4 Å². The van der Waals surface area contributed by atoms with Gasteiger partial charge in [0.25, 0.3) is 0 Å². The molecule has 0 bridgehead atoms. The summed E-state index contributed by atoms with van der Waals surface area (Å²) in [6, 6.07) is 0.938. The van der Waals surface area contributed by atoms with Gasteiger partial charge in [0.05, 0.1) is 0 Å². The standard InChI is InChI=1S/C8H16N2/c1-4-9-5-2-8-3-7-10(8)6-1/h8-9H,1-7H2. The third-order valence-corrected chi connectivity index (χ3v) is 2.72. The number of nitrogens with zero attached hydrogens (tertiary/aromatic N) is 1. The quantitative estimate of drug-likeness (QED) is 0.525. The highest BCUT2D eigenvalue weighted by molar-refractivity contribution is 4.84. The van der Waals surface area contributed by atoms with Gasteiger partial charge >= 0.3 is 0 Å². The molecule has 2 aliphatic rings. The molecule has 1 atom stereocenters. The van der Waals surface area contributed by atoms with Crippen molar-refractivity contribution in [2.45, 2.75) is 25.3 Å². The molecule has 2 fully saturated rings. The first-order valence-electron chi connectivity index (χ1n) is 4.41. The average Bonchev–Trinajstić information content (AvgIpc) is 1.89. The average molecular weight is 140 g/mol. The largest absolute Gasteiger partial charge is 0.317 e. The van der Waals surface area contributed by atoms with Crippen LogP contribution in [0.4, 0.5) is 0 Å². The van der Waals surface area contributed by atoms with Crippen LogP contribution in [0.1, 0.15) is 19.3 Å². The highest BCUT2D eigenvalue weighted by atomic mass is 15.2. The smallest absolute Gasteiger partial charge is 0.0119 e. The number of nitrogens with one attached hydrogen (secondary N) is 1. The number of rotatable bonds is 0. The number of hydrogen-bond donors (Lipinski definition) is 1. The van der Waals surface area contributed by atoms with Crippen molar-refractivity contribution < 1.29 is 0 Å². The highest BCUT2D eigenvalue weighted by Crippen LogP contribution is 2.20. The third-order valence-electron chi connectivity index (χ3n) is 2.72. The minimum absolute atomic E-state index is 0.938. The first-order chi connectivity index (χ1) is 4.97. The lowest BCUT2D eigenvalue weighted by Gasteiger charge is -2.42. The molecule has 0 aromatic heterocycles. The summed E-state index contributed by atoms with van der Waals surface area (Å²) in [7, 11) is 0. The second-order valence-corrected chi connectivity index (χ2v) is 3.37. The van der Waals surface area contributed by atoms with Gasteiger partial charge in [0.15, 0.2) is 0 Å². The van der Waals surface area contributed by atoms with E-state index in [1.54, 1.807) is 0 Å². The van der Waals surface area contributed by atoms with E-state index in [9.17, 15) is 0 Å². The molecular weight excluding hydrogens is 124 g/mol. The predicted molar refractivity (Wildman–Crippen MR) is 42.1 cm³/mol. The van der Waals surface area contributed by atoms with Crippen LogP contribution >= 0.6 is 0 Å². The van der Waals surface area contributed by atoms with Crippen LogP contribution in [-0.4, -0.2) is 37.1 Å². The van der Waals surface area contributed by atoms with Gasteiger partial charge in [-0.25, -0.2) is 0 Å². The van der Waals surface area contributed by atoms with E-state index < -0.39 is 0 Å². The molecule has 58 valence electrons. The van der Waals surface area contributed by atoms with Gasteiger partial charge < -0.3 is 10.2 Å². The van der Waals surface area contributed by atoms with E-state index in [-0.39, 0.29) is 0 Å². The van der Waals surface area contributed by atoms with E-state index in [1.807, 2.05) is 0 Å². The van der Waals surface area contributed by atoms with Gasteiger partial charge in [0.2, 0.25) is 0 Å². The van der Waals surface area contributed by atoms with Crippen molar-refractivity contribution in [1.29, 1.82) is 0 Å². The Bertz CT molecular complexity index is 99.8. The van der Waals surface area contributed by atoms with Gasteiger partial charge in [-0.05, 0) is 45.4 Å². The Morgan fingerprint density at radius 1 is 1.10 bits per heavy atom. The lowest BCUT2D eigenvalue weighted by Crippen LogP contribution is -2.50. The van der Waals surface area contributed by atoms with Crippen LogP contribution in [-0.2, 0) is 0 Å². The lowest BCUT2D eigenvalue weighted by molar-refractivity contribution is 0.0759. The Morgan fingerprint density at radius 2 is 2.10 bits per heavy atom. The topological polar surface area (TPSA) is 15.3 Å². The summed E-state index contributed by atoms with van der Waals surface area (Å²) in [4.78, 5) is 2.63. The summed E-state index contributed by atoms with van der Waals surface area (Å²) in [6.45, 7) is 5.16. The van der Waals surface area contributed by atoms with Crippen LogP contribution in [0.3, 0.4) is 0 Å². The van der Waals surface area contributed by atoms with Crippen molar-refractivity contribution in [3.8, 4) is 0 Å². The second-order valence-electron chi connectivity index (χ2n) is 3.37. The predicted octanol–water partition coefficient (Wildman–Crippen LogP) is 0.444. The monoisotopic (exact) mass is 140 g/mol. The summed E-state index contributed by atoms with van der Waals surface area (Å²) < 4.78 is 0. The van der Waals surface area contributed by atoms with Gasteiger partial charge in [0.1, 0.15) is 0 Å². The third kappa shape index (κ3) is 1.18. The summed E-state index contributed by atoms with van der Waals surface area (Å²) in [5.74, 6) is 0. The lowest BCUT2D eigenvalue weighted by atomic mass is 9.98. The molecule has 2 saturated heterocycles. The molecule has 2 aliphatic heterocycles. The molecule has 2 heterocycles. The maximum atomic E-state index is 3.45. The zero-order valence-electron chi connectivity index (χ0n) is 6.47. The summed E-state index contributed by atoms with van der Waals surface area (Å²) >= 11 is 0. The number of hydrogen-bond acceptors (Lipinski definition) is 2. The van der Waals surface area contributed by atoms with Gasteiger partial charge in [-0.2, -0.15) is 0 Å². The van der Waals surface area contributed by atoms with E-state index in [4.69, 9.17) is 0 Å². The first-order valence-corrected chi connectivity index (χ1v) is 4.41. The van der Waals surface area contributed by atoms with Crippen LogP contribution in [0.25, 0.3) is 0 Å². The SMILES string of the molecule is C1CNCCC2CCN2C1. The van der Waals surface area contributed by atoms with Crippen LogP contribution in [0, 0.1) is 0 Å². The molecule has 0 aromatic carbocycles. The maximum absolute atomic E-state index is 3.45. The normalized spacial score (nSPS) is 35.4. The van der Waals surface area contributed by atoms with Crippen molar-refractivity contribution in [3.63, 3.8) is 0 Å². The van der Waals surface area contributed by atoms with Crippen LogP contribution < -0.4 is 5.32 Å². The fourth-order valence-electron chi connectivity index (χ4n) is 1.92. The fourth-order valence-corrected chi connectivity index (χ4v) is 1.92. The second kappa shape index (κ2) is 2.89. The van der Waals surface area contributed by atoms with E-state index >= 15 is 0 Å². The summed E-state index contributed by atoms with van der Waals surface area (Å²) in [6.07, 6.45) is 4.16. The molecule has 2 rings (SSSR count). The van der Waals surface area contributed by atoms with Crippen LogP contribution in [0.5, 0.6) is 0 Å². The summed E-state index contributed by atoms with van der Waals surface area (Å²) in [5, 5.41) is 3.45. The Balaban J connectivity index is 1.83. The minimum Gasteiger partial charge on any atom is -0.317 e. The van der Waals surface area contributed by atoms with E-state index in [0.717, 1.165) is 6.04 Å². The number of fused-ring (bicyclic) bond motifs is 1. The molecule has 0 spiro atoms. The fraction of sp³-hybridized carbons (Fsp3) is 1.00. The molecule has 0 aromatic rings. The van der Waals surface area contributed by atoms with Crippen molar-refractivity contribution in [3.05, 3.63) is 0 Å². The Kier molecular flexibility index (Phi) is 1.91. The van der Waals surface area contributed by atoms with Crippen molar-refractivity contribution in [2.24, 2.45) is 0 Å². The van der Waals surface area contributed by atoms with Gasteiger partial charge in [0, 0.05) is 6.04 Å². The van der Waals surface area contributed by atoms with Crippen molar-refractivity contribution >= 4 is 0 Å². The molecular formula is C8H16N2. The van der Waals surface area contributed by atoms with Crippen molar-refractivity contribution in [2.75, 3.05) is 26.2 Å². The van der Waals surface area contributed by atoms with Crippen LogP contribution in [0.2, 0.25) is 0 Å². The van der Waals surface area contributed by atoms with Crippen molar-refractivity contribution in [1.82, 2.24) is 10.2 Å². The molecule has 0 saturated carbocycles. The van der Waals surface area contributed by atoms with Gasteiger partial charge in [-0.1, -0.05) is 0 Å². The van der Waals surface area contributed by atoms with E-state index in [0.29, 0.717) is 0 Å². The summed E-state index contributed by atoms with van der Waals surface area (Å²) in [5.41, 5.74) is 0. The molecule has 0 amide bonds. The Labute approximate surface area is 62.6 Å². The molecule has 0 radical (unpaired) electrons. The van der Waals surface area contributed by atoms with Gasteiger partial charge in [-0.15, -0.1) is 0 Å². The minimum atomic E-state index is 0.938. The van der Waals surface area contributed by atoms with Gasteiger partial charge in [-0.3, -0.25) is 0 Å². The van der Waals surface area contributed by atoms with Crippen LogP contribution in [0.15, 0.2) is 0 Å².